The van der Waals surface area contributed by atoms with Crippen LogP contribution in [-0.4, -0.2) is 9.97 Å². The fourth-order valence-electron chi connectivity index (χ4n) is 1.54. The third-order valence-corrected chi connectivity index (χ3v) is 2.75. The third kappa shape index (κ3) is 2.85. The molecule has 0 radical (unpaired) electrons. The first kappa shape index (κ1) is 11.7. The summed E-state index contributed by atoms with van der Waals surface area (Å²) in [7, 11) is 0. The van der Waals surface area contributed by atoms with Gasteiger partial charge in [-0.05, 0) is 37.1 Å². The molecule has 4 nitrogen and oxygen atoms in total. The van der Waals surface area contributed by atoms with E-state index in [0.717, 1.165) is 17.3 Å². The van der Waals surface area contributed by atoms with E-state index in [-0.39, 0.29) is 0 Å². The molecule has 17 heavy (non-hydrogen) atoms. The van der Waals surface area contributed by atoms with Gasteiger partial charge in [0.15, 0.2) is 0 Å². The van der Waals surface area contributed by atoms with Gasteiger partial charge in [-0.1, -0.05) is 6.07 Å². The van der Waals surface area contributed by atoms with Crippen LogP contribution in [0.3, 0.4) is 0 Å². The molecule has 2 aromatic rings. The predicted molar refractivity (Wildman–Crippen MR) is 66.7 cm³/mol. The monoisotopic (exact) mass is 231 g/mol. The number of hydrogen-bond acceptors (Lipinski definition) is 3. The molecule has 1 aromatic carbocycles. The number of aromatic nitrogens is 2. The van der Waals surface area contributed by atoms with Gasteiger partial charge in [-0.3, -0.25) is 0 Å². The van der Waals surface area contributed by atoms with Gasteiger partial charge in [-0.25, -0.2) is 4.98 Å². The Bertz CT molecular complexity index is 505. The van der Waals surface area contributed by atoms with Gasteiger partial charge in [0.2, 0.25) is 0 Å². The van der Waals surface area contributed by atoms with Crippen molar-refractivity contribution in [2.24, 2.45) is 5.73 Å². The number of aryl methyl sites for hydroxylation is 2. The number of rotatable bonds is 4. The van der Waals surface area contributed by atoms with Crippen molar-refractivity contribution in [2.45, 2.75) is 27.0 Å². The lowest BCUT2D eigenvalue weighted by Gasteiger charge is -2.06. The van der Waals surface area contributed by atoms with E-state index in [4.69, 9.17) is 10.5 Å². The largest absolute Gasteiger partial charge is 0.486 e. The molecule has 2 rings (SSSR count). The van der Waals surface area contributed by atoms with Gasteiger partial charge in [0, 0.05) is 18.4 Å². The molecule has 0 aliphatic carbocycles. The van der Waals surface area contributed by atoms with Gasteiger partial charge in [0.25, 0.3) is 0 Å². The highest BCUT2D eigenvalue weighted by Crippen LogP contribution is 2.17. The summed E-state index contributed by atoms with van der Waals surface area (Å²) in [5.41, 5.74) is 8.91. The highest BCUT2D eigenvalue weighted by Gasteiger charge is 2.01. The summed E-state index contributed by atoms with van der Waals surface area (Å²) in [4.78, 5) is 7.28. The van der Waals surface area contributed by atoms with E-state index in [1.165, 1.54) is 11.1 Å². The van der Waals surface area contributed by atoms with Crippen molar-refractivity contribution in [1.82, 2.24) is 9.97 Å². The molecular formula is C13H17N3O. The van der Waals surface area contributed by atoms with Crippen molar-refractivity contribution in [3.05, 3.63) is 47.0 Å². The van der Waals surface area contributed by atoms with Crippen LogP contribution < -0.4 is 10.5 Å². The van der Waals surface area contributed by atoms with Gasteiger partial charge in [-0.2, -0.15) is 0 Å². The van der Waals surface area contributed by atoms with Crippen LogP contribution in [0.2, 0.25) is 0 Å². The minimum atomic E-state index is 0.433. The Kier molecular flexibility index (Phi) is 3.44. The van der Waals surface area contributed by atoms with Crippen molar-refractivity contribution in [3.8, 4) is 5.75 Å². The second-order valence-corrected chi connectivity index (χ2v) is 4.09. The van der Waals surface area contributed by atoms with Crippen molar-refractivity contribution < 1.29 is 4.74 Å². The molecular weight excluding hydrogens is 214 g/mol. The standard InChI is InChI=1S/C13H17N3O/c1-9-3-4-12(5-10(9)2)17-8-13-15-7-11(6-14)16-13/h3-5,7H,6,8,14H2,1-2H3,(H,15,16). The normalized spacial score (nSPS) is 10.5. The number of imidazole rings is 1. The molecule has 0 aliphatic rings. The number of H-pyrrole nitrogens is 1. The van der Waals surface area contributed by atoms with E-state index in [1.807, 2.05) is 12.1 Å². The maximum Gasteiger partial charge on any atom is 0.146 e. The van der Waals surface area contributed by atoms with E-state index in [2.05, 4.69) is 29.9 Å². The zero-order chi connectivity index (χ0) is 12.3. The third-order valence-electron chi connectivity index (χ3n) is 2.75. The van der Waals surface area contributed by atoms with E-state index in [1.54, 1.807) is 6.20 Å². The molecule has 0 unspecified atom stereocenters. The topological polar surface area (TPSA) is 63.9 Å². The predicted octanol–water partition coefficient (Wildman–Crippen LogP) is 2.06. The fourth-order valence-corrected chi connectivity index (χ4v) is 1.54. The quantitative estimate of drug-likeness (QED) is 0.846. The lowest BCUT2D eigenvalue weighted by Crippen LogP contribution is -2.00. The first-order chi connectivity index (χ1) is 8.19. The zero-order valence-electron chi connectivity index (χ0n) is 10.2. The van der Waals surface area contributed by atoms with Crippen LogP contribution >= 0.6 is 0 Å². The summed E-state index contributed by atoms with van der Waals surface area (Å²) in [6.45, 7) is 5.06. The number of benzene rings is 1. The SMILES string of the molecule is Cc1ccc(OCc2ncc(CN)[nH]2)cc1C. The van der Waals surface area contributed by atoms with Gasteiger partial charge >= 0.3 is 0 Å². The summed E-state index contributed by atoms with van der Waals surface area (Å²) in [5, 5.41) is 0. The van der Waals surface area contributed by atoms with Crippen molar-refractivity contribution in [2.75, 3.05) is 0 Å². The number of nitrogens with zero attached hydrogens (tertiary/aromatic N) is 1. The number of nitrogens with one attached hydrogen (secondary N) is 1. The van der Waals surface area contributed by atoms with E-state index >= 15 is 0 Å². The average molecular weight is 231 g/mol. The Balaban J connectivity index is 1.99. The first-order valence-corrected chi connectivity index (χ1v) is 5.62. The second kappa shape index (κ2) is 5.01. The van der Waals surface area contributed by atoms with Crippen LogP contribution in [-0.2, 0) is 13.2 Å². The van der Waals surface area contributed by atoms with Crippen molar-refractivity contribution in [1.29, 1.82) is 0 Å². The molecule has 0 saturated heterocycles. The molecule has 0 fully saturated rings. The molecule has 0 bridgehead atoms. The van der Waals surface area contributed by atoms with E-state index < -0.39 is 0 Å². The van der Waals surface area contributed by atoms with Crippen molar-refractivity contribution >= 4 is 0 Å². The number of aromatic amines is 1. The zero-order valence-corrected chi connectivity index (χ0v) is 10.2. The Labute approximate surface area is 101 Å². The second-order valence-electron chi connectivity index (χ2n) is 4.09. The molecule has 0 aliphatic heterocycles. The highest BCUT2D eigenvalue weighted by molar-refractivity contribution is 5.33. The summed E-state index contributed by atoms with van der Waals surface area (Å²) in [6.07, 6.45) is 1.74. The van der Waals surface area contributed by atoms with Crippen LogP contribution in [0, 0.1) is 13.8 Å². The first-order valence-electron chi connectivity index (χ1n) is 5.62. The Hall–Kier alpha value is -1.81. The average Bonchev–Trinajstić information content (AvgIpc) is 2.79. The molecule has 0 saturated carbocycles. The molecule has 90 valence electrons. The van der Waals surface area contributed by atoms with E-state index in [9.17, 15) is 0 Å². The molecule has 1 heterocycles. The van der Waals surface area contributed by atoms with Crippen LogP contribution in [0.4, 0.5) is 0 Å². The molecule has 1 aromatic heterocycles. The number of ether oxygens (including phenoxy) is 1. The molecule has 0 atom stereocenters. The van der Waals surface area contributed by atoms with Crippen LogP contribution in [0.25, 0.3) is 0 Å². The fraction of sp³-hybridized carbons (Fsp3) is 0.308. The molecule has 0 amide bonds. The van der Waals surface area contributed by atoms with Gasteiger partial charge in [0.05, 0.1) is 0 Å². The summed E-state index contributed by atoms with van der Waals surface area (Å²) in [6, 6.07) is 6.05. The van der Waals surface area contributed by atoms with Crippen molar-refractivity contribution in [3.63, 3.8) is 0 Å². The van der Waals surface area contributed by atoms with Crippen LogP contribution in [0.1, 0.15) is 22.6 Å². The lowest BCUT2D eigenvalue weighted by molar-refractivity contribution is 0.296. The Morgan fingerprint density at radius 2 is 2.12 bits per heavy atom. The number of hydrogen-bond donors (Lipinski definition) is 2. The summed E-state index contributed by atoms with van der Waals surface area (Å²) in [5.74, 6) is 1.66. The van der Waals surface area contributed by atoms with Gasteiger partial charge < -0.3 is 15.5 Å². The van der Waals surface area contributed by atoms with Crippen LogP contribution in [0.5, 0.6) is 5.75 Å². The summed E-state index contributed by atoms with van der Waals surface area (Å²) >= 11 is 0. The van der Waals surface area contributed by atoms with Gasteiger partial charge in [0.1, 0.15) is 18.2 Å². The minimum Gasteiger partial charge on any atom is -0.486 e. The number of nitrogens with two attached hydrogens (primary N) is 1. The highest BCUT2D eigenvalue weighted by atomic mass is 16.5. The Morgan fingerprint density at radius 3 is 2.76 bits per heavy atom. The van der Waals surface area contributed by atoms with E-state index in [0.29, 0.717) is 13.2 Å². The maximum atomic E-state index is 5.65. The maximum absolute atomic E-state index is 5.65. The smallest absolute Gasteiger partial charge is 0.146 e. The molecule has 0 spiro atoms. The Morgan fingerprint density at radius 1 is 1.29 bits per heavy atom. The summed E-state index contributed by atoms with van der Waals surface area (Å²) < 4.78 is 5.65. The lowest BCUT2D eigenvalue weighted by atomic mass is 10.1. The molecule has 4 heteroatoms. The van der Waals surface area contributed by atoms with Crippen LogP contribution in [0.15, 0.2) is 24.4 Å². The van der Waals surface area contributed by atoms with Gasteiger partial charge in [-0.15, -0.1) is 0 Å². The minimum absolute atomic E-state index is 0.433. The molecule has 3 N–H and O–H groups in total.